The smallest absolute Gasteiger partial charge is 0.225 e. The highest BCUT2D eigenvalue weighted by Crippen LogP contribution is 2.23. The van der Waals surface area contributed by atoms with Gasteiger partial charge in [-0.05, 0) is 38.0 Å². The van der Waals surface area contributed by atoms with Gasteiger partial charge in [0.2, 0.25) is 11.8 Å². The topological polar surface area (TPSA) is 78.4 Å². The minimum absolute atomic E-state index is 0.0173. The summed E-state index contributed by atoms with van der Waals surface area (Å²) in [5.41, 5.74) is -0.381. The third-order valence-corrected chi connectivity index (χ3v) is 3.95. The van der Waals surface area contributed by atoms with Crippen molar-refractivity contribution in [2.45, 2.75) is 65.4 Å². The lowest BCUT2D eigenvalue weighted by Crippen LogP contribution is -2.36. The highest BCUT2D eigenvalue weighted by molar-refractivity contribution is 5.81. The zero-order valence-corrected chi connectivity index (χ0v) is 13.6. The fraction of sp³-hybridized carbons (Fsp3) is 0.875. The Hall–Kier alpha value is -1.10. The first kappa shape index (κ1) is 18.0. The van der Waals surface area contributed by atoms with Crippen molar-refractivity contribution >= 4 is 11.8 Å². The molecule has 1 saturated carbocycles. The van der Waals surface area contributed by atoms with E-state index in [0.29, 0.717) is 31.8 Å². The van der Waals surface area contributed by atoms with E-state index in [-0.39, 0.29) is 23.3 Å². The van der Waals surface area contributed by atoms with Crippen molar-refractivity contribution in [1.82, 2.24) is 10.6 Å². The number of hydrogen-bond acceptors (Lipinski definition) is 3. The van der Waals surface area contributed by atoms with Gasteiger partial charge in [0.1, 0.15) is 0 Å². The van der Waals surface area contributed by atoms with Crippen LogP contribution in [0.3, 0.4) is 0 Å². The van der Waals surface area contributed by atoms with Crippen molar-refractivity contribution in [3.8, 4) is 0 Å². The molecule has 5 heteroatoms. The van der Waals surface area contributed by atoms with Crippen LogP contribution in [0.15, 0.2) is 0 Å². The average molecular weight is 298 g/mol. The van der Waals surface area contributed by atoms with Crippen molar-refractivity contribution in [3.05, 3.63) is 0 Å². The van der Waals surface area contributed by atoms with Crippen LogP contribution in [0.5, 0.6) is 0 Å². The molecule has 21 heavy (non-hydrogen) atoms. The summed E-state index contributed by atoms with van der Waals surface area (Å²) in [4.78, 5) is 23.4. The SMILES string of the molecule is CC(C)(C)C(=O)NCCCC(=O)NCC1CCC(O)CC1. The number of carbonyl (C=O) groups is 2. The van der Waals surface area contributed by atoms with Crippen LogP contribution < -0.4 is 10.6 Å². The highest BCUT2D eigenvalue weighted by atomic mass is 16.3. The van der Waals surface area contributed by atoms with Crippen LogP contribution in [-0.2, 0) is 9.59 Å². The van der Waals surface area contributed by atoms with Crippen LogP contribution in [0.1, 0.15) is 59.3 Å². The second kappa shape index (κ2) is 8.37. The molecule has 0 radical (unpaired) electrons. The minimum Gasteiger partial charge on any atom is -0.393 e. The van der Waals surface area contributed by atoms with Gasteiger partial charge in [0.25, 0.3) is 0 Å². The predicted octanol–water partition coefficient (Wildman–Crippen LogP) is 1.60. The molecule has 0 aliphatic heterocycles. The summed E-state index contributed by atoms with van der Waals surface area (Å²) in [6.45, 7) is 6.86. The highest BCUT2D eigenvalue weighted by Gasteiger charge is 2.21. The molecule has 0 atom stereocenters. The van der Waals surface area contributed by atoms with E-state index in [9.17, 15) is 14.7 Å². The van der Waals surface area contributed by atoms with Gasteiger partial charge in [0.05, 0.1) is 6.10 Å². The molecule has 0 aromatic rings. The largest absolute Gasteiger partial charge is 0.393 e. The van der Waals surface area contributed by atoms with E-state index in [1.807, 2.05) is 20.8 Å². The summed E-state index contributed by atoms with van der Waals surface area (Å²) < 4.78 is 0. The Labute approximate surface area is 127 Å². The van der Waals surface area contributed by atoms with Crippen LogP contribution in [0.4, 0.5) is 0 Å². The molecule has 0 saturated heterocycles. The Kier molecular flexibility index (Phi) is 7.15. The second-order valence-electron chi connectivity index (χ2n) is 7.09. The molecule has 0 aromatic heterocycles. The molecule has 3 N–H and O–H groups in total. The number of amides is 2. The van der Waals surface area contributed by atoms with Gasteiger partial charge in [-0.15, -0.1) is 0 Å². The number of hydrogen-bond donors (Lipinski definition) is 3. The quantitative estimate of drug-likeness (QED) is 0.652. The molecule has 1 rings (SSSR count). The first-order valence-corrected chi connectivity index (χ1v) is 8.02. The van der Waals surface area contributed by atoms with E-state index in [2.05, 4.69) is 10.6 Å². The van der Waals surface area contributed by atoms with Crippen molar-refractivity contribution in [2.24, 2.45) is 11.3 Å². The maximum atomic E-state index is 11.7. The van der Waals surface area contributed by atoms with Gasteiger partial charge in [0, 0.05) is 24.9 Å². The van der Waals surface area contributed by atoms with Gasteiger partial charge in [0.15, 0.2) is 0 Å². The van der Waals surface area contributed by atoms with Crippen molar-refractivity contribution in [2.75, 3.05) is 13.1 Å². The standard InChI is InChI=1S/C16H30N2O3/c1-16(2,3)15(21)17-10-4-5-14(20)18-11-12-6-8-13(19)9-7-12/h12-13,19H,4-11H2,1-3H3,(H,17,21)(H,18,20). The zero-order chi connectivity index (χ0) is 15.9. The van der Waals surface area contributed by atoms with Crippen molar-refractivity contribution < 1.29 is 14.7 Å². The molecule has 0 spiro atoms. The third-order valence-electron chi connectivity index (χ3n) is 3.95. The van der Waals surface area contributed by atoms with E-state index in [1.165, 1.54) is 0 Å². The molecule has 122 valence electrons. The molecule has 1 aliphatic carbocycles. The summed E-state index contributed by atoms with van der Waals surface area (Å²) in [5.74, 6) is 0.563. The van der Waals surface area contributed by atoms with Crippen LogP contribution in [0.25, 0.3) is 0 Å². The summed E-state index contributed by atoms with van der Waals surface area (Å²) in [6.07, 6.45) is 4.63. The van der Waals surface area contributed by atoms with Gasteiger partial charge >= 0.3 is 0 Å². The van der Waals surface area contributed by atoms with Crippen LogP contribution in [-0.4, -0.2) is 36.1 Å². The fourth-order valence-corrected chi connectivity index (χ4v) is 2.41. The predicted molar refractivity (Wildman–Crippen MR) is 82.7 cm³/mol. The third kappa shape index (κ3) is 7.46. The van der Waals surface area contributed by atoms with Gasteiger partial charge < -0.3 is 15.7 Å². The average Bonchev–Trinajstić information content (AvgIpc) is 2.41. The lowest BCUT2D eigenvalue weighted by molar-refractivity contribution is -0.128. The van der Waals surface area contributed by atoms with Gasteiger partial charge in [-0.1, -0.05) is 20.8 Å². The van der Waals surface area contributed by atoms with E-state index in [0.717, 1.165) is 25.7 Å². The first-order chi connectivity index (χ1) is 9.79. The van der Waals surface area contributed by atoms with E-state index in [1.54, 1.807) is 0 Å². The molecular weight excluding hydrogens is 268 g/mol. The molecule has 0 heterocycles. The van der Waals surface area contributed by atoms with Gasteiger partial charge in [-0.25, -0.2) is 0 Å². The number of carbonyl (C=O) groups excluding carboxylic acids is 2. The summed E-state index contributed by atoms with van der Waals surface area (Å²) in [7, 11) is 0. The minimum atomic E-state index is -0.381. The molecular formula is C16H30N2O3. The number of aliphatic hydroxyl groups is 1. The Bertz CT molecular complexity index is 342. The van der Waals surface area contributed by atoms with Gasteiger partial charge in [-0.3, -0.25) is 9.59 Å². The molecule has 0 aromatic carbocycles. The maximum absolute atomic E-state index is 11.7. The molecule has 0 unspecified atom stereocenters. The lowest BCUT2D eigenvalue weighted by Gasteiger charge is -2.25. The van der Waals surface area contributed by atoms with E-state index >= 15 is 0 Å². The van der Waals surface area contributed by atoms with Crippen LogP contribution >= 0.6 is 0 Å². The summed E-state index contributed by atoms with van der Waals surface area (Å²) >= 11 is 0. The summed E-state index contributed by atoms with van der Waals surface area (Å²) in [6, 6.07) is 0. The van der Waals surface area contributed by atoms with Crippen LogP contribution in [0.2, 0.25) is 0 Å². The summed E-state index contributed by atoms with van der Waals surface area (Å²) in [5, 5.41) is 15.2. The Morgan fingerprint density at radius 3 is 2.29 bits per heavy atom. The molecule has 5 nitrogen and oxygen atoms in total. The fourth-order valence-electron chi connectivity index (χ4n) is 2.41. The monoisotopic (exact) mass is 298 g/mol. The molecule has 0 bridgehead atoms. The normalized spacial score (nSPS) is 22.7. The molecule has 1 aliphatic rings. The Balaban J connectivity index is 2.05. The van der Waals surface area contributed by atoms with Gasteiger partial charge in [-0.2, -0.15) is 0 Å². The number of nitrogens with one attached hydrogen (secondary N) is 2. The molecule has 1 fully saturated rings. The zero-order valence-electron chi connectivity index (χ0n) is 13.6. The van der Waals surface area contributed by atoms with E-state index < -0.39 is 0 Å². The number of aliphatic hydroxyl groups excluding tert-OH is 1. The van der Waals surface area contributed by atoms with E-state index in [4.69, 9.17) is 0 Å². The maximum Gasteiger partial charge on any atom is 0.225 e. The van der Waals surface area contributed by atoms with Crippen molar-refractivity contribution in [3.63, 3.8) is 0 Å². The first-order valence-electron chi connectivity index (χ1n) is 8.02. The second-order valence-corrected chi connectivity index (χ2v) is 7.09. The Morgan fingerprint density at radius 1 is 1.10 bits per heavy atom. The lowest BCUT2D eigenvalue weighted by atomic mass is 9.87. The Morgan fingerprint density at radius 2 is 1.71 bits per heavy atom. The number of rotatable bonds is 6. The van der Waals surface area contributed by atoms with Crippen molar-refractivity contribution in [1.29, 1.82) is 0 Å². The van der Waals surface area contributed by atoms with Crippen LogP contribution in [0, 0.1) is 11.3 Å². The molecule has 2 amide bonds.